The minimum Gasteiger partial charge on any atom is -0.462 e. The fourth-order valence-electron chi connectivity index (χ4n) is 1.93. The van der Waals surface area contributed by atoms with Crippen molar-refractivity contribution in [2.24, 2.45) is 0 Å². The largest absolute Gasteiger partial charge is 0.462 e. The molecule has 0 aliphatic rings. The number of furan rings is 1. The molecule has 18 heavy (non-hydrogen) atoms. The molecule has 3 aromatic rings. The summed E-state index contributed by atoms with van der Waals surface area (Å²) in [6.45, 7) is 1.94. The Labute approximate surface area is 113 Å². The Kier molecular flexibility index (Phi) is 2.84. The third kappa shape index (κ3) is 2.27. The van der Waals surface area contributed by atoms with Gasteiger partial charge in [0.05, 0.1) is 0 Å². The monoisotopic (exact) mass is 301 g/mol. The average molecular weight is 302 g/mol. The standard InChI is InChI=1S/C15H12BrNO/c1-10-2-6-14(18-10)7-5-13-8-11-3-4-12(16)9-15(11)17-13/h2-9,17H,1H3. The molecule has 2 aromatic heterocycles. The van der Waals surface area contributed by atoms with E-state index in [1.165, 1.54) is 5.39 Å². The summed E-state index contributed by atoms with van der Waals surface area (Å²) in [5, 5.41) is 1.20. The van der Waals surface area contributed by atoms with Crippen molar-refractivity contribution in [2.45, 2.75) is 6.92 Å². The van der Waals surface area contributed by atoms with Gasteiger partial charge in [0, 0.05) is 21.1 Å². The molecule has 90 valence electrons. The molecule has 2 heterocycles. The van der Waals surface area contributed by atoms with Crippen LogP contribution in [0.3, 0.4) is 0 Å². The predicted octanol–water partition coefficient (Wildman–Crippen LogP) is 5.00. The van der Waals surface area contributed by atoms with Crippen LogP contribution in [0.4, 0.5) is 0 Å². The average Bonchev–Trinajstić information content (AvgIpc) is 2.92. The van der Waals surface area contributed by atoms with Crippen molar-refractivity contribution in [1.29, 1.82) is 0 Å². The first-order valence-corrected chi connectivity index (χ1v) is 6.53. The zero-order valence-electron chi connectivity index (χ0n) is 9.91. The van der Waals surface area contributed by atoms with Gasteiger partial charge in [0.25, 0.3) is 0 Å². The molecule has 1 aromatic carbocycles. The molecule has 3 heteroatoms. The highest BCUT2D eigenvalue weighted by Gasteiger charge is 1.99. The molecule has 0 radical (unpaired) electrons. The van der Waals surface area contributed by atoms with Crippen LogP contribution < -0.4 is 0 Å². The van der Waals surface area contributed by atoms with E-state index in [1.54, 1.807) is 0 Å². The van der Waals surface area contributed by atoms with E-state index in [-0.39, 0.29) is 0 Å². The van der Waals surface area contributed by atoms with Crippen LogP contribution in [0.5, 0.6) is 0 Å². The number of hydrogen-bond donors (Lipinski definition) is 1. The van der Waals surface area contributed by atoms with Gasteiger partial charge >= 0.3 is 0 Å². The van der Waals surface area contributed by atoms with Gasteiger partial charge in [-0.1, -0.05) is 22.0 Å². The summed E-state index contributed by atoms with van der Waals surface area (Å²) >= 11 is 3.47. The van der Waals surface area contributed by atoms with E-state index >= 15 is 0 Å². The first-order valence-electron chi connectivity index (χ1n) is 5.73. The molecule has 0 aliphatic carbocycles. The maximum Gasteiger partial charge on any atom is 0.127 e. The van der Waals surface area contributed by atoms with Crippen LogP contribution in [0, 0.1) is 6.92 Å². The number of rotatable bonds is 2. The lowest BCUT2D eigenvalue weighted by atomic mass is 10.2. The number of nitrogens with one attached hydrogen (secondary N) is 1. The highest BCUT2D eigenvalue weighted by Crippen LogP contribution is 2.21. The van der Waals surface area contributed by atoms with Gasteiger partial charge in [-0.15, -0.1) is 0 Å². The number of benzene rings is 1. The van der Waals surface area contributed by atoms with E-state index in [4.69, 9.17) is 4.42 Å². The Hall–Kier alpha value is -1.74. The summed E-state index contributed by atoms with van der Waals surface area (Å²) in [5.74, 6) is 1.79. The molecule has 0 unspecified atom stereocenters. The second kappa shape index (κ2) is 4.50. The van der Waals surface area contributed by atoms with Crippen LogP contribution in [0.25, 0.3) is 23.1 Å². The predicted molar refractivity (Wildman–Crippen MR) is 78.4 cm³/mol. The third-order valence-corrected chi connectivity index (χ3v) is 3.29. The first kappa shape index (κ1) is 11.4. The Morgan fingerprint density at radius 1 is 1.11 bits per heavy atom. The lowest BCUT2D eigenvalue weighted by molar-refractivity contribution is 0.525. The Morgan fingerprint density at radius 3 is 2.78 bits per heavy atom. The first-order chi connectivity index (χ1) is 8.70. The smallest absolute Gasteiger partial charge is 0.127 e. The summed E-state index contributed by atoms with van der Waals surface area (Å²) < 4.78 is 6.57. The van der Waals surface area contributed by atoms with Crippen molar-refractivity contribution in [3.63, 3.8) is 0 Å². The molecular weight excluding hydrogens is 290 g/mol. The maximum absolute atomic E-state index is 5.49. The highest BCUT2D eigenvalue weighted by molar-refractivity contribution is 9.10. The minimum absolute atomic E-state index is 0.868. The van der Waals surface area contributed by atoms with E-state index in [1.807, 2.05) is 37.3 Å². The van der Waals surface area contributed by atoms with Gasteiger partial charge in [-0.05, 0) is 49.4 Å². The van der Waals surface area contributed by atoms with Crippen LogP contribution in [0.2, 0.25) is 0 Å². The van der Waals surface area contributed by atoms with Gasteiger partial charge in [0.2, 0.25) is 0 Å². The molecule has 0 saturated carbocycles. The highest BCUT2D eigenvalue weighted by atomic mass is 79.9. The summed E-state index contributed by atoms with van der Waals surface area (Å²) in [6.07, 6.45) is 3.99. The molecule has 0 atom stereocenters. The third-order valence-electron chi connectivity index (χ3n) is 2.79. The minimum atomic E-state index is 0.868. The van der Waals surface area contributed by atoms with E-state index in [0.717, 1.165) is 27.2 Å². The number of halogens is 1. The van der Waals surface area contributed by atoms with Gasteiger partial charge < -0.3 is 9.40 Å². The second-order valence-electron chi connectivity index (χ2n) is 4.24. The zero-order valence-corrected chi connectivity index (χ0v) is 11.5. The topological polar surface area (TPSA) is 28.9 Å². The number of aryl methyl sites for hydroxylation is 1. The van der Waals surface area contributed by atoms with Gasteiger partial charge in [0.1, 0.15) is 11.5 Å². The Bertz CT molecular complexity index is 721. The number of H-pyrrole nitrogens is 1. The van der Waals surface area contributed by atoms with E-state index in [2.05, 4.69) is 39.1 Å². The van der Waals surface area contributed by atoms with Crippen molar-refractivity contribution in [3.8, 4) is 0 Å². The number of aromatic amines is 1. The van der Waals surface area contributed by atoms with Crippen molar-refractivity contribution in [1.82, 2.24) is 4.98 Å². The summed E-state index contributed by atoms with van der Waals surface area (Å²) in [6, 6.07) is 12.2. The molecule has 0 spiro atoms. The zero-order chi connectivity index (χ0) is 12.5. The van der Waals surface area contributed by atoms with Gasteiger partial charge in [0.15, 0.2) is 0 Å². The molecule has 1 N–H and O–H groups in total. The van der Waals surface area contributed by atoms with Gasteiger partial charge in [-0.2, -0.15) is 0 Å². The van der Waals surface area contributed by atoms with E-state index < -0.39 is 0 Å². The summed E-state index contributed by atoms with van der Waals surface area (Å²) in [7, 11) is 0. The van der Waals surface area contributed by atoms with Crippen LogP contribution >= 0.6 is 15.9 Å². The molecule has 0 bridgehead atoms. The summed E-state index contributed by atoms with van der Waals surface area (Å²) in [5.41, 5.74) is 2.19. The number of hydrogen-bond acceptors (Lipinski definition) is 1. The lowest BCUT2D eigenvalue weighted by Crippen LogP contribution is -1.70. The van der Waals surface area contributed by atoms with Crippen molar-refractivity contribution < 1.29 is 4.42 Å². The van der Waals surface area contributed by atoms with Crippen LogP contribution in [0.1, 0.15) is 17.2 Å². The molecule has 0 amide bonds. The number of aromatic nitrogens is 1. The van der Waals surface area contributed by atoms with Gasteiger partial charge in [-0.25, -0.2) is 0 Å². The number of fused-ring (bicyclic) bond motifs is 1. The van der Waals surface area contributed by atoms with Gasteiger partial charge in [-0.3, -0.25) is 0 Å². The van der Waals surface area contributed by atoms with Crippen molar-refractivity contribution >= 4 is 39.0 Å². The molecule has 0 fully saturated rings. The molecular formula is C15H12BrNO. The summed E-state index contributed by atoms with van der Waals surface area (Å²) in [4.78, 5) is 3.35. The van der Waals surface area contributed by atoms with Crippen LogP contribution in [-0.2, 0) is 0 Å². The molecule has 0 saturated heterocycles. The van der Waals surface area contributed by atoms with Crippen LogP contribution in [-0.4, -0.2) is 4.98 Å². The second-order valence-corrected chi connectivity index (χ2v) is 5.15. The van der Waals surface area contributed by atoms with Crippen LogP contribution in [0.15, 0.2) is 45.3 Å². The quantitative estimate of drug-likeness (QED) is 0.709. The Balaban J connectivity index is 1.93. The maximum atomic E-state index is 5.49. The fraction of sp³-hybridized carbons (Fsp3) is 0.0667. The fourth-order valence-corrected chi connectivity index (χ4v) is 2.29. The van der Waals surface area contributed by atoms with E-state index in [9.17, 15) is 0 Å². The van der Waals surface area contributed by atoms with Crippen molar-refractivity contribution in [3.05, 3.63) is 58.1 Å². The molecule has 2 nitrogen and oxygen atoms in total. The Morgan fingerprint density at radius 2 is 2.00 bits per heavy atom. The van der Waals surface area contributed by atoms with E-state index in [0.29, 0.717) is 0 Å². The molecule has 0 aliphatic heterocycles. The SMILES string of the molecule is Cc1ccc(C=Cc2cc3ccc(Br)cc3[nH]2)o1. The van der Waals surface area contributed by atoms with Crippen molar-refractivity contribution in [2.75, 3.05) is 0 Å². The normalized spacial score (nSPS) is 11.7. The molecule has 3 rings (SSSR count). The lowest BCUT2D eigenvalue weighted by Gasteiger charge is -1.89.